The lowest BCUT2D eigenvalue weighted by molar-refractivity contribution is 0.687. The zero-order chi connectivity index (χ0) is 14.4. The van der Waals surface area contributed by atoms with Crippen LogP contribution in [0, 0.1) is 5.92 Å². The smallest absolute Gasteiger partial charge is 0.131 e. The highest BCUT2D eigenvalue weighted by atomic mass is 35.5. The first-order valence-corrected chi connectivity index (χ1v) is 7.06. The van der Waals surface area contributed by atoms with Gasteiger partial charge in [0.15, 0.2) is 0 Å². The van der Waals surface area contributed by atoms with E-state index in [9.17, 15) is 0 Å². The molecule has 0 spiro atoms. The van der Waals surface area contributed by atoms with Crippen molar-refractivity contribution in [3.63, 3.8) is 0 Å². The van der Waals surface area contributed by atoms with Crippen molar-refractivity contribution < 1.29 is 0 Å². The number of nitrogens with one attached hydrogen (secondary N) is 2. The van der Waals surface area contributed by atoms with Crippen LogP contribution in [-0.2, 0) is 6.54 Å². The summed E-state index contributed by atoms with van der Waals surface area (Å²) in [6, 6.07) is 9.67. The molecule has 106 valence electrons. The van der Waals surface area contributed by atoms with E-state index < -0.39 is 0 Å². The van der Waals surface area contributed by atoms with Gasteiger partial charge in [-0.25, -0.2) is 9.97 Å². The van der Waals surface area contributed by atoms with E-state index in [-0.39, 0.29) is 0 Å². The highest BCUT2D eigenvalue weighted by molar-refractivity contribution is 6.31. The van der Waals surface area contributed by atoms with Gasteiger partial charge in [-0.3, -0.25) is 0 Å². The highest BCUT2D eigenvalue weighted by Crippen LogP contribution is 2.17. The molecule has 0 aliphatic carbocycles. The molecule has 2 rings (SSSR count). The van der Waals surface area contributed by atoms with Crippen LogP contribution in [0.1, 0.15) is 19.4 Å². The fourth-order valence-corrected chi connectivity index (χ4v) is 1.89. The van der Waals surface area contributed by atoms with Gasteiger partial charge in [-0.15, -0.1) is 0 Å². The van der Waals surface area contributed by atoms with Crippen molar-refractivity contribution in [1.29, 1.82) is 0 Å². The average Bonchev–Trinajstić information content (AvgIpc) is 2.45. The molecular formula is C15H19ClN4. The standard InChI is InChI=1S/C15H19ClN4/c1-11(2)8-17-14-7-15(20-10-19-14)18-9-12-5-3-4-6-13(12)16/h3-7,10-11H,8-9H2,1-2H3,(H2,17,18,19,20). The third kappa shape index (κ3) is 4.38. The maximum absolute atomic E-state index is 6.12. The number of hydrogen-bond acceptors (Lipinski definition) is 4. The van der Waals surface area contributed by atoms with Crippen molar-refractivity contribution in [3.8, 4) is 0 Å². The van der Waals surface area contributed by atoms with Gasteiger partial charge in [0.25, 0.3) is 0 Å². The summed E-state index contributed by atoms with van der Waals surface area (Å²) >= 11 is 6.12. The van der Waals surface area contributed by atoms with Crippen LogP contribution in [0.15, 0.2) is 36.7 Å². The lowest BCUT2D eigenvalue weighted by atomic mass is 10.2. The maximum atomic E-state index is 6.12. The molecule has 1 aromatic heterocycles. The molecule has 5 heteroatoms. The van der Waals surface area contributed by atoms with E-state index >= 15 is 0 Å². The van der Waals surface area contributed by atoms with Gasteiger partial charge >= 0.3 is 0 Å². The lowest BCUT2D eigenvalue weighted by Crippen LogP contribution is -2.10. The maximum Gasteiger partial charge on any atom is 0.131 e. The van der Waals surface area contributed by atoms with E-state index in [2.05, 4.69) is 34.4 Å². The van der Waals surface area contributed by atoms with E-state index in [1.807, 2.05) is 30.3 Å². The topological polar surface area (TPSA) is 49.8 Å². The number of benzene rings is 1. The number of rotatable bonds is 6. The van der Waals surface area contributed by atoms with Gasteiger partial charge in [-0.1, -0.05) is 43.6 Å². The van der Waals surface area contributed by atoms with Gasteiger partial charge in [0.1, 0.15) is 18.0 Å². The van der Waals surface area contributed by atoms with Gasteiger partial charge < -0.3 is 10.6 Å². The minimum absolute atomic E-state index is 0.574. The molecule has 0 aliphatic heterocycles. The predicted octanol–water partition coefficient (Wildman–Crippen LogP) is 3.81. The molecular weight excluding hydrogens is 272 g/mol. The summed E-state index contributed by atoms with van der Waals surface area (Å²) in [5.74, 6) is 2.19. The molecule has 0 aliphatic rings. The Balaban J connectivity index is 1.96. The molecule has 0 saturated carbocycles. The summed E-state index contributed by atoms with van der Waals surface area (Å²) < 4.78 is 0. The first-order chi connectivity index (χ1) is 9.65. The molecule has 0 radical (unpaired) electrons. The molecule has 2 aromatic rings. The number of anilines is 2. The molecule has 0 unspecified atom stereocenters. The lowest BCUT2D eigenvalue weighted by Gasteiger charge is -2.10. The molecule has 0 saturated heterocycles. The summed E-state index contributed by atoms with van der Waals surface area (Å²) in [5.41, 5.74) is 1.05. The zero-order valence-corrected chi connectivity index (χ0v) is 12.5. The van der Waals surface area contributed by atoms with Crippen LogP contribution in [0.4, 0.5) is 11.6 Å². The normalized spacial score (nSPS) is 10.6. The number of hydrogen-bond donors (Lipinski definition) is 2. The van der Waals surface area contributed by atoms with Gasteiger partial charge in [0.05, 0.1) is 0 Å². The molecule has 2 N–H and O–H groups in total. The SMILES string of the molecule is CC(C)CNc1cc(NCc2ccccc2Cl)ncn1. The van der Waals surface area contributed by atoms with Gasteiger partial charge in [0.2, 0.25) is 0 Å². The molecule has 0 fully saturated rings. The Kier molecular flexibility index (Phi) is 5.18. The van der Waals surface area contributed by atoms with Crippen molar-refractivity contribution in [1.82, 2.24) is 9.97 Å². The van der Waals surface area contributed by atoms with Crippen molar-refractivity contribution >= 4 is 23.2 Å². The highest BCUT2D eigenvalue weighted by Gasteiger charge is 2.02. The molecule has 0 bridgehead atoms. The van der Waals surface area contributed by atoms with Crippen LogP contribution in [0.3, 0.4) is 0 Å². The van der Waals surface area contributed by atoms with Crippen molar-refractivity contribution in [3.05, 3.63) is 47.2 Å². The molecule has 4 nitrogen and oxygen atoms in total. The second-order valence-electron chi connectivity index (χ2n) is 5.01. The first kappa shape index (κ1) is 14.6. The summed E-state index contributed by atoms with van der Waals surface area (Å²) in [5, 5.41) is 7.29. The number of aromatic nitrogens is 2. The monoisotopic (exact) mass is 290 g/mol. The summed E-state index contributed by atoms with van der Waals surface area (Å²) in [4.78, 5) is 8.40. The minimum atomic E-state index is 0.574. The van der Waals surface area contributed by atoms with Crippen molar-refractivity contribution in [2.24, 2.45) is 5.92 Å². The number of nitrogens with zero attached hydrogens (tertiary/aromatic N) is 2. The van der Waals surface area contributed by atoms with Gasteiger partial charge in [-0.2, -0.15) is 0 Å². The van der Waals surface area contributed by atoms with E-state index in [4.69, 9.17) is 11.6 Å². The largest absolute Gasteiger partial charge is 0.370 e. The zero-order valence-electron chi connectivity index (χ0n) is 11.7. The third-order valence-electron chi connectivity index (χ3n) is 2.78. The van der Waals surface area contributed by atoms with Crippen LogP contribution in [-0.4, -0.2) is 16.5 Å². The number of halogens is 1. The fourth-order valence-electron chi connectivity index (χ4n) is 1.69. The van der Waals surface area contributed by atoms with Crippen LogP contribution < -0.4 is 10.6 Å². The van der Waals surface area contributed by atoms with E-state index in [0.717, 1.165) is 28.8 Å². The Morgan fingerprint density at radius 3 is 2.50 bits per heavy atom. The van der Waals surface area contributed by atoms with Crippen LogP contribution >= 0.6 is 11.6 Å². The van der Waals surface area contributed by atoms with Crippen molar-refractivity contribution in [2.45, 2.75) is 20.4 Å². The van der Waals surface area contributed by atoms with Crippen LogP contribution in [0.2, 0.25) is 5.02 Å². The molecule has 20 heavy (non-hydrogen) atoms. The van der Waals surface area contributed by atoms with Crippen LogP contribution in [0.25, 0.3) is 0 Å². The molecule has 1 aromatic carbocycles. The van der Waals surface area contributed by atoms with Crippen LogP contribution in [0.5, 0.6) is 0 Å². The fraction of sp³-hybridized carbons (Fsp3) is 0.333. The van der Waals surface area contributed by atoms with Gasteiger partial charge in [0, 0.05) is 24.2 Å². The quantitative estimate of drug-likeness (QED) is 0.849. The summed E-state index contributed by atoms with van der Waals surface area (Å²) in [6.07, 6.45) is 1.55. The molecule has 1 heterocycles. The second-order valence-corrected chi connectivity index (χ2v) is 5.42. The van der Waals surface area contributed by atoms with E-state index in [0.29, 0.717) is 12.5 Å². The Morgan fingerprint density at radius 2 is 1.80 bits per heavy atom. The second kappa shape index (κ2) is 7.10. The van der Waals surface area contributed by atoms with Gasteiger partial charge in [-0.05, 0) is 17.5 Å². The summed E-state index contributed by atoms with van der Waals surface area (Å²) in [7, 11) is 0. The molecule has 0 amide bonds. The third-order valence-corrected chi connectivity index (χ3v) is 3.15. The predicted molar refractivity (Wildman–Crippen MR) is 84.1 cm³/mol. The Hall–Kier alpha value is -1.81. The Bertz CT molecular complexity index is 557. The summed E-state index contributed by atoms with van der Waals surface area (Å²) in [6.45, 7) is 5.84. The average molecular weight is 291 g/mol. The Labute approximate surface area is 124 Å². The first-order valence-electron chi connectivity index (χ1n) is 6.68. The molecule has 0 atom stereocenters. The van der Waals surface area contributed by atoms with E-state index in [1.54, 1.807) is 6.33 Å². The minimum Gasteiger partial charge on any atom is -0.370 e. The van der Waals surface area contributed by atoms with E-state index in [1.165, 1.54) is 0 Å². The Morgan fingerprint density at radius 1 is 1.10 bits per heavy atom. The van der Waals surface area contributed by atoms with Crippen molar-refractivity contribution in [2.75, 3.05) is 17.2 Å².